The minimum Gasteiger partial charge on any atom is -0.497 e. The maximum absolute atomic E-state index is 14.0. The molecule has 1 N–H and O–H groups in total. The number of amides is 3. The maximum Gasteiger partial charge on any atom is 0.257 e. The number of carbonyl (C=O) groups excluding carboxylic acids is 3. The predicted molar refractivity (Wildman–Crippen MR) is 149 cm³/mol. The minimum atomic E-state index is -1.05. The van der Waals surface area contributed by atoms with Crippen molar-refractivity contribution in [2.45, 2.75) is 31.2 Å². The summed E-state index contributed by atoms with van der Waals surface area (Å²) in [6, 6.07) is 16.2. The molecule has 0 unspecified atom stereocenters. The van der Waals surface area contributed by atoms with Crippen LogP contribution in [0.3, 0.4) is 0 Å². The Hall–Kier alpha value is -3.66. The first kappa shape index (κ1) is 27.9. The molecule has 2 aliphatic rings. The quantitative estimate of drug-likeness (QED) is 0.467. The molecular formula is C29H28Cl2N4O5. The van der Waals surface area contributed by atoms with Crippen molar-refractivity contribution in [3.63, 3.8) is 0 Å². The number of nitrogens with zero attached hydrogens (tertiary/aromatic N) is 3. The molecular weight excluding hydrogens is 555 g/mol. The molecule has 1 aromatic heterocycles. The van der Waals surface area contributed by atoms with Crippen LogP contribution in [0.1, 0.15) is 39.3 Å². The van der Waals surface area contributed by atoms with Crippen molar-refractivity contribution < 1.29 is 23.9 Å². The molecule has 5 rings (SSSR count). The van der Waals surface area contributed by atoms with Crippen molar-refractivity contribution in [2.24, 2.45) is 0 Å². The number of ether oxygens (including phenoxy) is 2. The molecule has 2 aromatic carbocycles. The number of carbonyl (C=O) groups is 3. The van der Waals surface area contributed by atoms with Crippen molar-refractivity contribution in [3.8, 4) is 5.75 Å². The molecule has 2 fully saturated rings. The third-order valence-corrected chi connectivity index (χ3v) is 8.01. The average molecular weight is 583 g/mol. The Labute approximate surface area is 242 Å². The van der Waals surface area contributed by atoms with Crippen molar-refractivity contribution in [1.29, 1.82) is 0 Å². The molecule has 3 heterocycles. The first-order chi connectivity index (χ1) is 19.3. The largest absolute Gasteiger partial charge is 0.497 e. The lowest BCUT2D eigenvalue weighted by atomic mass is 9.96. The standard InChI is InChI=1S/C29H28Cl2N4O5/c1-39-22-7-4-5-19(15-22)28(38)35-25(26(36)33-17-21-6-2-3-12-32-21)18-40-29(35)10-13-34(14-11-29)27(37)20-8-9-23(30)24(31)16-20/h2-9,12,15-16,25H,10-11,13-14,17-18H2,1H3,(H,33,36)/t25-/m1/s1. The van der Waals surface area contributed by atoms with Crippen LogP contribution in [-0.4, -0.2) is 71.1 Å². The van der Waals surface area contributed by atoms with Crippen LogP contribution in [-0.2, 0) is 16.1 Å². The zero-order valence-electron chi connectivity index (χ0n) is 21.8. The maximum atomic E-state index is 14.0. The highest BCUT2D eigenvalue weighted by Crippen LogP contribution is 2.39. The highest BCUT2D eigenvalue weighted by Gasteiger charge is 2.54. The molecule has 0 aliphatic carbocycles. The van der Waals surface area contributed by atoms with Gasteiger partial charge in [0.05, 0.1) is 36.0 Å². The van der Waals surface area contributed by atoms with E-state index in [2.05, 4.69) is 10.3 Å². The van der Waals surface area contributed by atoms with E-state index in [4.69, 9.17) is 32.7 Å². The summed E-state index contributed by atoms with van der Waals surface area (Å²) in [6.45, 7) is 0.896. The van der Waals surface area contributed by atoms with Crippen LogP contribution in [0.5, 0.6) is 5.75 Å². The van der Waals surface area contributed by atoms with Gasteiger partial charge >= 0.3 is 0 Å². The summed E-state index contributed by atoms with van der Waals surface area (Å²) in [5.41, 5.74) is 0.445. The molecule has 40 heavy (non-hydrogen) atoms. The van der Waals surface area contributed by atoms with Crippen LogP contribution < -0.4 is 10.1 Å². The number of rotatable bonds is 6. The Balaban J connectivity index is 1.37. The molecule has 0 saturated carbocycles. The second-order valence-electron chi connectivity index (χ2n) is 9.64. The van der Waals surface area contributed by atoms with Gasteiger partial charge in [-0.25, -0.2) is 0 Å². The van der Waals surface area contributed by atoms with Gasteiger partial charge in [-0.2, -0.15) is 0 Å². The van der Waals surface area contributed by atoms with Gasteiger partial charge in [0.25, 0.3) is 11.8 Å². The van der Waals surface area contributed by atoms with E-state index in [9.17, 15) is 14.4 Å². The van der Waals surface area contributed by atoms with Crippen LogP contribution in [0.2, 0.25) is 10.0 Å². The zero-order chi connectivity index (χ0) is 28.3. The fraction of sp³-hybridized carbons (Fsp3) is 0.310. The van der Waals surface area contributed by atoms with E-state index in [0.717, 1.165) is 0 Å². The summed E-state index contributed by atoms with van der Waals surface area (Å²) >= 11 is 12.1. The lowest BCUT2D eigenvalue weighted by Crippen LogP contribution is -2.59. The number of methoxy groups -OCH3 is 1. The summed E-state index contributed by atoms with van der Waals surface area (Å²) in [7, 11) is 1.53. The highest BCUT2D eigenvalue weighted by molar-refractivity contribution is 6.42. The number of aromatic nitrogens is 1. The molecule has 1 spiro atoms. The summed E-state index contributed by atoms with van der Waals surface area (Å²) < 4.78 is 11.6. The molecule has 3 aromatic rings. The minimum absolute atomic E-state index is 0.0322. The number of hydrogen-bond donors (Lipinski definition) is 1. The number of benzene rings is 2. The van der Waals surface area contributed by atoms with E-state index in [1.165, 1.54) is 12.0 Å². The van der Waals surface area contributed by atoms with Crippen LogP contribution >= 0.6 is 23.2 Å². The summed E-state index contributed by atoms with van der Waals surface area (Å²) in [5, 5.41) is 3.56. The molecule has 2 aliphatic heterocycles. The number of nitrogens with one attached hydrogen (secondary N) is 1. The van der Waals surface area contributed by atoms with Crippen molar-refractivity contribution in [2.75, 3.05) is 26.8 Å². The van der Waals surface area contributed by atoms with Gasteiger partial charge in [0.2, 0.25) is 5.91 Å². The molecule has 0 radical (unpaired) electrons. The molecule has 9 nitrogen and oxygen atoms in total. The fourth-order valence-electron chi connectivity index (χ4n) is 5.13. The highest BCUT2D eigenvalue weighted by atomic mass is 35.5. The lowest BCUT2D eigenvalue weighted by molar-refractivity contribution is -0.128. The molecule has 1 atom stereocenters. The van der Waals surface area contributed by atoms with Crippen LogP contribution in [0.25, 0.3) is 0 Å². The number of piperidine rings is 1. The number of halogens is 2. The Morgan fingerprint density at radius 1 is 1.00 bits per heavy atom. The fourth-order valence-corrected chi connectivity index (χ4v) is 5.43. The van der Waals surface area contributed by atoms with Gasteiger partial charge in [-0.1, -0.05) is 35.3 Å². The van der Waals surface area contributed by atoms with Gasteiger partial charge in [0.1, 0.15) is 17.5 Å². The molecule has 0 bridgehead atoms. The van der Waals surface area contributed by atoms with Crippen molar-refractivity contribution in [1.82, 2.24) is 20.1 Å². The molecule has 3 amide bonds. The van der Waals surface area contributed by atoms with Crippen LogP contribution in [0.15, 0.2) is 66.9 Å². The first-order valence-corrected chi connectivity index (χ1v) is 13.6. The summed E-state index contributed by atoms with van der Waals surface area (Å²) in [5.74, 6) is -0.355. The number of likely N-dealkylation sites (tertiary alicyclic amines) is 1. The predicted octanol–water partition coefficient (Wildman–Crippen LogP) is 4.19. The molecule has 208 valence electrons. The third-order valence-electron chi connectivity index (χ3n) is 7.27. The van der Waals surface area contributed by atoms with E-state index < -0.39 is 11.8 Å². The Morgan fingerprint density at radius 2 is 1.77 bits per heavy atom. The van der Waals surface area contributed by atoms with E-state index in [1.54, 1.807) is 59.6 Å². The van der Waals surface area contributed by atoms with Gasteiger partial charge in [-0.15, -0.1) is 0 Å². The Morgan fingerprint density at radius 3 is 2.48 bits per heavy atom. The number of hydrogen-bond acceptors (Lipinski definition) is 6. The second kappa shape index (κ2) is 11.8. The summed E-state index contributed by atoms with van der Waals surface area (Å²) in [4.78, 5) is 48.0. The van der Waals surface area contributed by atoms with Gasteiger partial charge in [-0.05, 0) is 48.5 Å². The smallest absolute Gasteiger partial charge is 0.257 e. The lowest BCUT2D eigenvalue weighted by Gasteiger charge is -2.44. The van der Waals surface area contributed by atoms with Gasteiger partial charge in [0, 0.05) is 43.3 Å². The first-order valence-electron chi connectivity index (χ1n) is 12.8. The Bertz CT molecular complexity index is 1410. The normalized spacial score (nSPS) is 18.0. The van der Waals surface area contributed by atoms with Crippen molar-refractivity contribution >= 4 is 40.9 Å². The molecule has 11 heteroatoms. The van der Waals surface area contributed by atoms with Crippen molar-refractivity contribution in [3.05, 3.63) is 93.7 Å². The molecule has 2 saturated heterocycles. The van der Waals surface area contributed by atoms with E-state index >= 15 is 0 Å². The van der Waals surface area contributed by atoms with Crippen LogP contribution in [0, 0.1) is 0 Å². The summed E-state index contributed by atoms with van der Waals surface area (Å²) in [6.07, 6.45) is 2.32. The number of pyridine rings is 1. The van der Waals surface area contributed by atoms with Gasteiger partial charge < -0.3 is 19.7 Å². The van der Waals surface area contributed by atoms with Gasteiger partial charge in [-0.3, -0.25) is 24.3 Å². The Kier molecular flexibility index (Phi) is 8.25. The second-order valence-corrected chi connectivity index (χ2v) is 10.5. The SMILES string of the molecule is COc1cccc(C(=O)N2[C@@H](C(=O)NCc3ccccn3)COC23CCN(C(=O)c2ccc(Cl)c(Cl)c2)CC3)c1. The zero-order valence-corrected chi connectivity index (χ0v) is 23.3. The monoisotopic (exact) mass is 582 g/mol. The third kappa shape index (κ3) is 5.63. The topological polar surface area (TPSA) is 101 Å². The van der Waals surface area contributed by atoms with Gasteiger partial charge in [0.15, 0.2) is 0 Å². The van der Waals surface area contributed by atoms with E-state index in [1.807, 2.05) is 12.1 Å². The van der Waals surface area contributed by atoms with Crippen LogP contribution in [0.4, 0.5) is 0 Å². The van der Waals surface area contributed by atoms with E-state index in [0.29, 0.717) is 58.5 Å². The van der Waals surface area contributed by atoms with E-state index in [-0.39, 0.29) is 30.9 Å². The average Bonchev–Trinajstić information content (AvgIpc) is 3.35.